The minimum Gasteiger partial charge on any atom is -0.346 e. The van der Waals surface area contributed by atoms with E-state index in [2.05, 4.69) is 5.32 Å². The molecule has 0 bridgehead atoms. The molecule has 0 fully saturated rings. The van der Waals surface area contributed by atoms with E-state index in [-0.39, 0.29) is 17.8 Å². The van der Waals surface area contributed by atoms with Crippen molar-refractivity contribution in [3.05, 3.63) is 65.5 Å². The Morgan fingerprint density at radius 2 is 1.79 bits per heavy atom. The number of nitrogens with one attached hydrogen (secondary N) is 1. The molecule has 24 heavy (non-hydrogen) atoms. The Hall–Kier alpha value is -2.41. The normalized spacial score (nSPS) is 12.5. The number of hydrogen-bond acceptors (Lipinski definition) is 3. The maximum atomic E-state index is 13.0. The molecule has 0 spiro atoms. The molecule has 0 aliphatic carbocycles. The Bertz CT molecular complexity index is 835. The summed E-state index contributed by atoms with van der Waals surface area (Å²) < 4.78 is 37.3. The summed E-state index contributed by atoms with van der Waals surface area (Å²) in [6.45, 7) is 1.79. The Labute approximate surface area is 141 Å². The van der Waals surface area contributed by atoms with Gasteiger partial charge in [0.25, 0.3) is 5.91 Å². The minimum atomic E-state index is -3.40. The summed E-state index contributed by atoms with van der Waals surface area (Å²) in [6.07, 6.45) is 1.09. The lowest BCUT2D eigenvalue weighted by Crippen LogP contribution is -2.28. The van der Waals surface area contributed by atoms with Crippen LogP contribution in [0.2, 0.25) is 0 Å². The van der Waals surface area contributed by atoms with Crippen molar-refractivity contribution in [2.24, 2.45) is 0 Å². The number of amides is 1. The highest BCUT2D eigenvalue weighted by atomic mass is 32.2. The number of hydrogen-bond donors (Lipinski definition) is 1. The molecule has 0 heterocycles. The molecule has 0 aliphatic heterocycles. The molecule has 2 rings (SSSR count). The molecule has 0 aromatic heterocycles. The van der Waals surface area contributed by atoms with E-state index >= 15 is 0 Å². The molecule has 7 heteroatoms. The highest BCUT2D eigenvalue weighted by Crippen LogP contribution is 2.19. The van der Waals surface area contributed by atoms with E-state index in [0.717, 1.165) is 16.1 Å². The van der Waals surface area contributed by atoms with Gasteiger partial charge >= 0.3 is 0 Å². The number of carbonyl (C=O) groups is 1. The van der Waals surface area contributed by atoms with Gasteiger partial charge in [-0.3, -0.25) is 9.10 Å². The van der Waals surface area contributed by atoms with Crippen molar-refractivity contribution < 1.29 is 17.6 Å². The number of benzene rings is 2. The van der Waals surface area contributed by atoms with Crippen molar-refractivity contribution in [2.45, 2.75) is 13.0 Å². The van der Waals surface area contributed by atoms with Gasteiger partial charge in [0, 0.05) is 12.6 Å². The van der Waals surface area contributed by atoms with Crippen LogP contribution in [0.1, 0.15) is 28.9 Å². The molecule has 0 saturated heterocycles. The van der Waals surface area contributed by atoms with Crippen LogP contribution in [0.25, 0.3) is 0 Å². The fraction of sp³-hybridized carbons (Fsp3) is 0.235. The van der Waals surface area contributed by atoms with Crippen molar-refractivity contribution in [1.82, 2.24) is 5.32 Å². The Balaban J connectivity index is 2.16. The third-order valence-corrected chi connectivity index (χ3v) is 4.89. The summed E-state index contributed by atoms with van der Waals surface area (Å²) in [5, 5.41) is 2.81. The van der Waals surface area contributed by atoms with Gasteiger partial charge in [-0.1, -0.05) is 18.2 Å². The van der Waals surface area contributed by atoms with Crippen LogP contribution < -0.4 is 9.62 Å². The van der Waals surface area contributed by atoms with E-state index in [0.29, 0.717) is 11.3 Å². The highest BCUT2D eigenvalue weighted by molar-refractivity contribution is 7.92. The molecule has 2 aromatic rings. The lowest BCUT2D eigenvalue weighted by atomic mass is 10.1. The third-order valence-electron chi connectivity index (χ3n) is 3.69. The summed E-state index contributed by atoms with van der Waals surface area (Å²) in [5.41, 5.74) is 1.52. The van der Waals surface area contributed by atoms with E-state index in [1.165, 1.54) is 25.2 Å². The second kappa shape index (κ2) is 7.00. The predicted molar refractivity (Wildman–Crippen MR) is 92.0 cm³/mol. The first-order valence-corrected chi connectivity index (χ1v) is 9.13. The van der Waals surface area contributed by atoms with Crippen LogP contribution in [0.3, 0.4) is 0 Å². The molecular formula is C17H19FN2O3S. The van der Waals surface area contributed by atoms with Crippen molar-refractivity contribution in [1.29, 1.82) is 0 Å². The molecule has 1 N–H and O–H groups in total. The zero-order chi connectivity index (χ0) is 17.9. The van der Waals surface area contributed by atoms with E-state index in [1.807, 2.05) is 0 Å². The first-order valence-electron chi connectivity index (χ1n) is 7.29. The van der Waals surface area contributed by atoms with Crippen LogP contribution >= 0.6 is 0 Å². The van der Waals surface area contributed by atoms with Gasteiger partial charge in [-0.15, -0.1) is 0 Å². The number of anilines is 1. The van der Waals surface area contributed by atoms with Crippen LogP contribution in [0.5, 0.6) is 0 Å². The van der Waals surface area contributed by atoms with Gasteiger partial charge in [-0.25, -0.2) is 12.8 Å². The van der Waals surface area contributed by atoms with Gasteiger partial charge in [0.15, 0.2) is 0 Å². The van der Waals surface area contributed by atoms with Crippen molar-refractivity contribution in [2.75, 3.05) is 17.6 Å². The highest BCUT2D eigenvalue weighted by Gasteiger charge is 2.15. The van der Waals surface area contributed by atoms with E-state index in [1.54, 1.807) is 37.3 Å². The molecule has 1 atom stereocenters. The summed E-state index contributed by atoms with van der Waals surface area (Å²) >= 11 is 0. The fourth-order valence-electron chi connectivity index (χ4n) is 2.15. The maximum Gasteiger partial charge on any atom is 0.251 e. The van der Waals surface area contributed by atoms with Crippen LogP contribution in [-0.4, -0.2) is 27.6 Å². The van der Waals surface area contributed by atoms with Gasteiger partial charge in [0.1, 0.15) is 5.82 Å². The molecule has 1 amide bonds. The molecule has 0 unspecified atom stereocenters. The third kappa shape index (κ3) is 4.32. The Morgan fingerprint density at radius 1 is 1.17 bits per heavy atom. The summed E-state index contributed by atoms with van der Waals surface area (Å²) in [7, 11) is -1.98. The Kier molecular flexibility index (Phi) is 5.23. The number of halogens is 1. The summed E-state index contributed by atoms with van der Waals surface area (Å²) in [5.74, 6) is -0.677. The SMILES string of the molecule is C[C@H](NC(=O)c1cccc(N(C)S(C)(=O)=O)c1)c1ccc(F)cc1. The van der Waals surface area contributed by atoms with Gasteiger partial charge < -0.3 is 5.32 Å². The van der Waals surface area contributed by atoms with Crippen LogP contribution in [0.4, 0.5) is 10.1 Å². The molecule has 0 saturated carbocycles. The molecule has 128 valence electrons. The van der Waals surface area contributed by atoms with Crippen molar-refractivity contribution >= 4 is 21.6 Å². The Morgan fingerprint density at radius 3 is 2.38 bits per heavy atom. The van der Waals surface area contributed by atoms with Gasteiger partial charge in [0.2, 0.25) is 10.0 Å². The second-order valence-corrected chi connectivity index (χ2v) is 7.54. The average molecular weight is 350 g/mol. The van der Waals surface area contributed by atoms with Crippen LogP contribution in [-0.2, 0) is 10.0 Å². The smallest absolute Gasteiger partial charge is 0.251 e. The van der Waals surface area contributed by atoms with Gasteiger partial charge in [-0.05, 0) is 42.8 Å². The number of rotatable bonds is 5. The topological polar surface area (TPSA) is 66.5 Å². The quantitative estimate of drug-likeness (QED) is 0.902. The average Bonchev–Trinajstić information content (AvgIpc) is 2.54. The van der Waals surface area contributed by atoms with Crippen LogP contribution in [0, 0.1) is 5.82 Å². The van der Waals surface area contributed by atoms with Gasteiger partial charge in [0.05, 0.1) is 18.0 Å². The van der Waals surface area contributed by atoms with E-state index in [4.69, 9.17) is 0 Å². The predicted octanol–water partition coefficient (Wildman–Crippen LogP) is 2.71. The number of nitrogens with zero attached hydrogens (tertiary/aromatic N) is 1. The van der Waals surface area contributed by atoms with E-state index < -0.39 is 10.0 Å². The second-order valence-electron chi connectivity index (χ2n) is 5.53. The molecule has 5 nitrogen and oxygen atoms in total. The standard InChI is InChI=1S/C17H19FN2O3S/c1-12(13-7-9-15(18)10-8-13)19-17(21)14-5-4-6-16(11-14)20(2)24(3,22)23/h4-12H,1-3H3,(H,19,21)/t12-/m0/s1. The number of carbonyl (C=O) groups excluding carboxylic acids is 1. The lowest BCUT2D eigenvalue weighted by molar-refractivity contribution is 0.0940. The largest absolute Gasteiger partial charge is 0.346 e. The monoisotopic (exact) mass is 350 g/mol. The van der Waals surface area contributed by atoms with Crippen LogP contribution in [0.15, 0.2) is 48.5 Å². The first kappa shape index (κ1) is 17.9. The molecule has 0 radical (unpaired) electrons. The number of sulfonamides is 1. The molecular weight excluding hydrogens is 331 g/mol. The molecule has 0 aliphatic rings. The van der Waals surface area contributed by atoms with Gasteiger partial charge in [-0.2, -0.15) is 0 Å². The zero-order valence-corrected chi connectivity index (χ0v) is 14.5. The minimum absolute atomic E-state index is 0.311. The summed E-state index contributed by atoms with van der Waals surface area (Å²) in [4.78, 5) is 12.4. The maximum absolute atomic E-state index is 13.0. The lowest BCUT2D eigenvalue weighted by Gasteiger charge is -2.18. The summed E-state index contributed by atoms with van der Waals surface area (Å²) in [6, 6.07) is 11.9. The van der Waals surface area contributed by atoms with Crippen molar-refractivity contribution in [3.63, 3.8) is 0 Å². The van der Waals surface area contributed by atoms with E-state index in [9.17, 15) is 17.6 Å². The first-order chi connectivity index (χ1) is 11.2. The fourth-order valence-corrected chi connectivity index (χ4v) is 2.65. The zero-order valence-electron chi connectivity index (χ0n) is 13.7. The molecule has 2 aromatic carbocycles. The van der Waals surface area contributed by atoms with Crippen molar-refractivity contribution in [3.8, 4) is 0 Å².